The van der Waals surface area contributed by atoms with Crippen molar-refractivity contribution in [3.05, 3.63) is 64.6 Å². The number of aryl methyl sites for hydroxylation is 2. The Morgan fingerprint density at radius 2 is 1.92 bits per heavy atom. The molecule has 0 spiro atoms. The predicted molar refractivity (Wildman–Crippen MR) is 99.8 cm³/mol. The summed E-state index contributed by atoms with van der Waals surface area (Å²) in [6, 6.07) is 13.6. The van der Waals surface area contributed by atoms with Crippen molar-refractivity contribution in [3.63, 3.8) is 0 Å². The number of nitrogens with zero attached hydrogens (tertiary/aromatic N) is 3. The molecule has 0 saturated carbocycles. The minimum atomic E-state index is -0.108. The predicted octanol–water partition coefficient (Wildman–Crippen LogP) is 3.68. The van der Waals surface area contributed by atoms with E-state index in [-0.39, 0.29) is 5.56 Å². The van der Waals surface area contributed by atoms with Gasteiger partial charge in [0.1, 0.15) is 11.3 Å². The summed E-state index contributed by atoms with van der Waals surface area (Å²) in [5, 5.41) is 6.32. The number of para-hydroxylation sites is 1. The van der Waals surface area contributed by atoms with E-state index in [9.17, 15) is 4.79 Å². The first-order valence-corrected chi connectivity index (χ1v) is 8.30. The van der Waals surface area contributed by atoms with Gasteiger partial charge in [0.25, 0.3) is 5.56 Å². The number of rotatable bonds is 3. The zero-order valence-corrected chi connectivity index (χ0v) is 14.5. The van der Waals surface area contributed by atoms with Gasteiger partial charge in [-0.15, -0.1) is 0 Å². The van der Waals surface area contributed by atoms with Gasteiger partial charge >= 0.3 is 0 Å². The molecule has 0 radical (unpaired) electrons. The van der Waals surface area contributed by atoms with Gasteiger partial charge in [-0.05, 0) is 37.6 Å². The lowest BCUT2D eigenvalue weighted by molar-refractivity contribution is 0.415. The van der Waals surface area contributed by atoms with Crippen molar-refractivity contribution in [1.29, 1.82) is 0 Å². The summed E-state index contributed by atoms with van der Waals surface area (Å²) in [6.45, 7) is 4.71. The number of hydrogen-bond donors (Lipinski definition) is 0. The van der Waals surface area contributed by atoms with E-state index >= 15 is 0 Å². The van der Waals surface area contributed by atoms with Crippen LogP contribution in [0.1, 0.15) is 12.5 Å². The van der Waals surface area contributed by atoms with Crippen LogP contribution in [0.5, 0.6) is 5.75 Å². The Balaban J connectivity index is 2.12. The van der Waals surface area contributed by atoms with E-state index in [0.717, 1.165) is 33.3 Å². The fraction of sp³-hybridized carbons (Fsp3) is 0.200. The lowest BCUT2D eigenvalue weighted by atomic mass is 10.2. The maximum absolute atomic E-state index is 13.2. The van der Waals surface area contributed by atoms with E-state index in [2.05, 4.69) is 5.10 Å². The highest BCUT2D eigenvalue weighted by Gasteiger charge is 2.16. The van der Waals surface area contributed by atoms with Crippen LogP contribution in [0.3, 0.4) is 0 Å². The van der Waals surface area contributed by atoms with Crippen molar-refractivity contribution in [3.8, 4) is 11.4 Å². The number of ether oxygens (including phenoxy) is 1. The normalized spacial score (nSPS) is 11.3. The number of benzene rings is 2. The maximum atomic E-state index is 13.2. The van der Waals surface area contributed by atoms with Crippen LogP contribution in [0, 0.1) is 6.92 Å². The van der Waals surface area contributed by atoms with Crippen LogP contribution in [0.4, 0.5) is 0 Å². The zero-order chi connectivity index (χ0) is 17.6. The summed E-state index contributed by atoms with van der Waals surface area (Å²) < 4.78 is 8.86. The number of fused-ring (bicyclic) bond motifs is 3. The molecule has 4 aromatic rings. The van der Waals surface area contributed by atoms with E-state index < -0.39 is 0 Å². The molecule has 0 saturated heterocycles. The first-order chi connectivity index (χ1) is 12.2. The third kappa shape index (κ3) is 2.23. The number of aromatic nitrogens is 3. The molecule has 5 nitrogen and oxygen atoms in total. The Bertz CT molecular complexity index is 1150. The molecular weight excluding hydrogens is 314 g/mol. The van der Waals surface area contributed by atoms with Gasteiger partial charge in [0.15, 0.2) is 0 Å². The second-order valence-electron chi connectivity index (χ2n) is 6.04. The van der Waals surface area contributed by atoms with E-state index in [4.69, 9.17) is 4.74 Å². The van der Waals surface area contributed by atoms with E-state index in [1.54, 1.807) is 13.3 Å². The lowest BCUT2D eigenvalue weighted by Gasteiger charge is -2.09. The fourth-order valence-corrected chi connectivity index (χ4v) is 3.41. The SMILES string of the molecule is CCn1c2cc(OC)ccc2c2cnn(-c3ccccc3C)c(=O)c21. The van der Waals surface area contributed by atoms with Gasteiger partial charge in [-0.3, -0.25) is 4.79 Å². The van der Waals surface area contributed by atoms with Gasteiger partial charge in [0.2, 0.25) is 0 Å². The van der Waals surface area contributed by atoms with E-state index in [0.29, 0.717) is 12.1 Å². The Kier molecular flexibility index (Phi) is 3.57. The molecule has 0 N–H and O–H groups in total. The van der Waals surface area contributed by atoms with Gasteiger partial charge in [-0.25, -0.2) is 0 Å². The largest absolute Gasteiger partial charge is 0.497 e. The van der Waals surface area contributed by atoms with Crippen molar-refractivity contribution in [1.82, 2.24) is 14.3 Å². The molecule has 25 heavy (non-hydrogen) atoms. The first-order valence-electron chi connectivity index (χ1n) is 8.30. The van der Waals surface area contributed by atoms with Crippen LogP contribution in [0.2, 0.25) is 0 Å². The standard InChI is InChI=1S/C20H19N3O2/c1-4-22-18-11-14(25-3)9-10-15(18)16-12-21-23(20(24)19(16)22)17-8-6-5-7-13(17)2/h5-12H,4H2,1-3H3. The smallest absolute Gasteiger partial charge is 0.296 e. The molecule has 0 aliphatic rings. The number of methoxy groups -OCH3 is 1. The minimum absolute atomic E-state index is 0.108. The zero-order valence-electron chi connectivity index (χ0n) is 14.5. The lowest BCUT2D eigenvalue weighted by Crippen LogP contribution is -2.23. The molecule has 5 heteroatoms. The molecule has 0 unspecified atom stereocenters. The molecule has 126 valence electrons. The summed E-state index contributed by atoms with van der Waals surface area (Å²) in [5.41, 5.74) is 3.36. The molecule has 0 bridgehead atoms. The second-order valence-corrected chi connectivity index (χ2v) is 6.04. The molecule has 0 amide bonds. The quantitative estimate of drug-likeness (QED) is 0.575. The van der Waals surface area contributed by atoms with Crippen LogP contribution in [-0.4, -0.2) is 21.5 Å². The van der Waals surface area contributed by atoms with Crippen molar-refractivity contribution < 1.29 is 4.74 Å². The highest BCUT2D eigenvalue weighted by Crippen LogP contribution is 2.29. The van der Waals surface area contributed by atoms with Crippen molar-refractivity contribution in [2.24, 2.45) is 0 Å². The molecule has 0 aliphatic heterocycles. The molecule has 2 heterocycles. The van der Waals surface area contributed by atoms with Crippen LogP contribution in [0.15, 0.2) is 53.5 Å². The second kappa shape index (κ2) is 5.77. The molecule has 2 aromatic heterocycles. The highest BCUT2D eigenvalue weighted by atomic mass is 16.5. The van der Waals surface area contributed by atoms with Crippen LogP contribution in [0.25, 0.3) is 27.5 Å². The Hall–Kier alpha value is -3.08. The van der Waals surface area contributed by atoms with E-state index in [1.165, 1.54) is 4.68 Å². The summed E-state index contributed by atoms with van der Waals surface area (Å²) in [5.74, 6) is 0.775. The van der Waals surface area contributed by atoms with Gasteiger partial charge in [-0.2, -0.15) is 9.78 Å². The monoisotopic (exact) mass is 333 g/mol. The Morgan fingerprint density at radius 1 is 1.12 bits per heavy atom. The van der Waals surface area contributed by atoms with Crippen molar-refractivity contribution in [2.45, 2.75) is 20.4 Å². The Labute approximate surface area is 145 Å². The van der Waals surface area contributed by atoms with E-state index in [1.807, 2.05) is 60.9 Å². The Morgan fingerprint density at radius 3 is 2.64 bits per heavy atom. The van der Waals surface area contributed by atoms with Crippen molar-refractivity contribution >= 4 is 21.8 Å². The van der Waals surface area contributed by atoms with Crippen LogP contribution >= 0.6 is 0 Å². The van der Waals surface area contributed by atoms with Crippen LogP contribution in [-0.2, 0) is 6.54 Å². The third-order valence-corrected chi connectivity index (χ3v) is 4.67. The van der Waals surface area contributed by atoms with Gasteiger partial charge in [0.05, 0.1) is 24.5 Å². The molecular formula is C20H19N3O2. The van der Waals surface area contributed by atoms with Gasteiger partial charge in [0, 0.05) is 23.4 Å². The topological polar surface area (TPSA) is 49.0 Å². The first kappa shape index (κ1) is 15.4. The average Bonchev–Trinajstić information content (AvgIpc) is 2.96. The summed E-state index contributed by atoms with van der Waals surface area (Å²) in [7, 11) is 1.65. The third-order valence-electron chi connectivity index (χ3n) is 4.67. The summed E-state index contributed by atoms with van der Waals surface area (Å²) >= 11 is 0. The van der Waals surface area contributed by atoms with Gasteiger partial charge in [-0.1, -0.05) is 18.2 Å². The average molecular weight is 333 g/mol. The van der Waals surface area contributed by atoms with Crippen molar-refractivity contribution in [2.75, 3.05) is 7.11 Å². The van der Waals surface area contributed by atoms with Crippen LogP contribution < -0.4 is 10.3 Å². The molecule has 0 fully saturated rings. The number of hydrogen-bond acceptors (Lipinski definition) is 3. The summed E-state index contributed by atoms with van der Waals surface area (Å²) in [6.07, 6.45) is 1.78. The molecule has 0 atom stereocenters. The van der Waals surface area contributed by atoms with Gasteiger partial charge < -0.3 is 9.30 Å². The minimum Gasteiger partial charge on any atom is -0.497 e. The molecule has 2 aromatic carbocycles. The molecule has 0 aliphatic carbocycles. The summed E-state index contributed by atoms with van der Waals surface area (Å²) in [4.78, 5) is 13.2. The maximum Gasteiger partial charge on any atom is 0.296 e. The fourth-order valence-electron chi connectivity index (χ4n) is 3.41. The highest BCUT2D eigenvalue weighted by molar-refractivity contribution is 6.07. The molecule has 4 rings (SSSR count).